The van der Waals surface area contributed by atoms with Crippen LogP contribution in [0.4, 0.5) is 4.39 Å². The summed E-state index contributed by atoms with van der Waals surface area (Å²) in [4.78, 5) is 10.8. The van der Waals surface area contributed by atoms with Crippen LogP contribution >= 0.6 is 0 Å². The average Bonchev–Trinajstić information content (AvgIpc) is 2.39. The van der Waals surface area contributed by atoms with Crippen molar-refractivity contribution in [1.29, 1.82) is 5.26 Å². The Labute approximate surface area is 103 Å². The van der Waals surface area contributed by atoms with Gasteiger partial charge in [0.2, 0.25) is 0 Å². The molecule has 2 aromatic rings. The second-order valence-electron chi connectivity index (χ2n) is 3.69. The molecule has 0 aliphatic carbocycles. The first kappa shape index (κ1) is 11.8. The minimum absolute atomic E-state index is 0.364. The van der Waals surface area contributed by atoms with Gasteiger partial charge in [-0.15, -0.1) is 0 Å². The molecule has 4 heteroatoms. The van der Waals surface area contributed by atoms with E-state index >= 15 is 0 Å². The van der Waals surface area contributed by atoms with E-state index in [4.69, 9.17) is 10.4 Å². The summed E-state index contributed by atoms with van der Waals surface area (Å²) < 4.78 is 13.2. The first-order valence-electron chi connectivity index (χ1n) is 5.15. The molecule has 0 unspecified atom stereocenters. The standard InChI is InChI=1S/C14H8FNO2/c15-13-6-5-11(7-12(13)14(17)18)10-3-1-9(8-16)2-4-10/h1-7H,(H,17,18). The maximum absolute atomic E-state index is 13.2. The molecule has 0 bridgehead atoms. The van der Waals surface area contributed by atoms with E-state index in [1.165, 1.54) is 12.1 Å². The highest BCUT2D eigenvalue weighted by atomic mass is 19.1. The summed E-state index contributed by atoms with van der Waals surface area (Å²) >= 11 is 0. The molecule has 3 nitrogen and oxygen atoms in total. The number of hydrogen-bond donors (Lipinski definition) is 1. The third-order valence-corrected chi connectivity index (χ3v) is 2.54. The fourth-order valence-corrected chi connectivity index (χ4v) is 1.61. The van der Waals surface area contributed by atoms with Gasteiger partial charge in [0.05, 0.1) is 17.2 Å². The molecule has 0 aliphatic heterocycles. The van der Waals surface area contributed by atoms with Gasteiger partial charge in [0.15, 0.2) is 0 Å². The van der Waals surface area contributed by atoms with Crippen molar-refractivity contribution in [2.75, 3.05) is 0 Å². The Morgan fingerprint density at radius 2 is 1.72 bits per heavy atom. The highest BCUT2D eigenvalue weighted by molar-refractivity contribution is 5.89. The molecule has 0 radical (unpaired) electrons. The number of halogens is 1. The molecule has 18 heavy (non-hydrogen) atoms. The topological polar surface area (TPSA) is 61.1 Å². The zero-order chi connectivity index (χ0) is 13.1. The molecule has 0 atom stereocenters. The van der Waals surface area contributed by atoms with E-state index < -0.39 is 11.8 Å². The zero-order valence-electron chi connectivity index (χ0n) is 9.22. The third-order valence-electron chi connectivity index (χ3n) is 2.54. The number of nitriles is 1. The molecule has 0 aromatic heterocycles. The fraction of sp³-hybridized carbons (Fsp3) is 0. The van der Waals surface area contributed by atoms with Crippen molar-refractivity contribution < 1.29 is 14.3 Å². The molecule has 2 aromatic carbocycles. The van der Waals surface area contributed by atoms with Gasteiger partial charge in [-0.2, -0.15) is 5.26 Å². The minimum Gasteiger partial charge on any atom is -0.478 e. The maximum atomic E-state index is 13.2. The summed E-state index contributed by atoms with van der Waals surface area (Å²) in [6.07, 6.45) is 0. The van der Waals surface area contributed by atoms with E-state index in [0.29, 0.717) is 11.1 Å². The molecule has 0 fully saturated rings. The van der Waals surface area contributed by atoms with Gasteiger partial charge in [-0.1, -0.05) is 18.2 Å². The summed E-state index contributed by atoms with van der Waals surface area (Å²) in [5.74, 6) is -2.07. The molecule has 0 heterocycles. The third kappa shape index (κ3) is 2.20. The smallest absolute Gasteiger partial charge is 0.338 e. The quantitative estimate of drug-likeness (QED) is 0.878. The number of carboxylic acid groups (broad SMARTS) is 1. The minimum atomic E-state index is -1.30. The Kier molecular flexibility index (Phi) is 3.07. The van der Waals surface area contributed by atoms with Crippen LogP contribution in [0.3, 0.4) is 0 Å². The Morgan fingerprint density at radius 1 is 1.11 bits per heavy atom. The number of carboxylic acids is 1. The summed E-state index contributed by atoms with van der Waals surface area (Å²) in [6, 6.07) is 12.5. The van der Waals surface area contributed by atoms with Crippen LogP contribution in [0, 0.1) is 17.1 Å². The Balaban J connectivity index is 2.48. The van der Waals surface area contributed by atoms with Crippen molar-refractivity contribution in [3.63, 3.8) is 0 Å². The maximum Gasteiger partial charge on any atom is 0.338 e. The predicted octanol–water partition coefficient (Wildman–Crippen LogP) is 3.06. The molecule has 0 amide bonds. The van der Waals surface area contributed by atoms with Gasteiger partial charge in [0.1, 0.15) is 5.82 Å². The molecule has 1 N–H and O–H groups in total. The average molecular weight is 241 g/mol. The number of rotatable bonds is 2. The SMILES string of the molecule is N#Cc1ccc(-c2ccc(F)c(C(=O)O)c2)cc1. The second-order valence-corrected chi connectivity index (χ2v) is 3.69. The van der Waals surface area contributed by atoms with Crippen molar-refractivity contribution >= 4 is 5.97 Å². The molecule has 0 aliphatic rings. The van der Waals surface area contributed by atoms with Gasteiger partial charge < -0.3 is 5.11 Å². The van der Waals surface area contributed by atoms with Gasteiger partial charge in [-0.25, -0.2) is 9.18 Å². The molecule has 88 valence electrons. The molecular weight excluding hydrogens is 233 g/mol. The first-order valence-corrected chi connectivity index (χ1v) is 5.15. The normalized spacial score (nSPS) is 9.78. The van der Waals surface area contributed by atoms with Crippen LogP contribution in [-0.2, 0) is 0 Å². The van der Waals surface area contributed by atoms with Gasteiger partial charge in [-0.05, 0) is 35.4 Å². The van der Waals surface area contributed by atoms with E-state index in [1.807, 2.05) is 6.07 Å². The van der Waals surface area contributed by atoms with Crippen molar-refractivity contribution in [3.8, 4) is 17.2 Å². The summed E-state index contributed by atoms with van der Waals surface area (Å²) in [5, 5.41) is 17.5. The summed E-state index contributed by atoms with van der Waals surface area (Å²) in [7, 11) is 0. The largest absolute Gasteiger partial charge is 0.478 e. The van der Waals surface area contributed by atoms with Gasteiger partial charge in [0, 0.05) is 0 Å². The second kappa shape index (κ2) is 4.68. The fourth-order valence-electron chi connectivity index (χ4n) is 1.61. The van der Waals surface area contributed by atoms with Crippen LogP contribution in [0.5, 0.6) is 0 Å². The van der Waals surface area contributed by atoms with E-state index in [9.17, 15) is 9.18 Å². The van der Waals surface area contributed by atoms with Crippen molar-refractivity contribution in [2.24, 2.45) is 0 Å². The molecule has 2 rings (SSSR count). The van der Waals surface area contributed by atoms with Crippen LogP contribution in [0.25, 0.3) is 11.1 Å². The van der Waals surface area contributed by atoms with E-state index in [2.05, 4.69) is 0 Å². The molecule has 0 saturated heterocycles. The van der Waals surface area contributed by atoms with Gasteiger partial charge in [0.25, 0.3) is 0 Å². The highest BCUT2D eigenvalue weighted by Gasteiger charge is 2.11. The zero-order valence-corrected chi connectivity index (χ0v) is 9.22. The summed E-state index contributed by atoms with van der Waals surface area (Å²) in [5.41, 5.74) is 1.48. The van der Waals surface area contributed by atoms with Crippen LogP contribution in [-0.4, -0.2) is 11.1 Å². The number of nitrogens with zero attached hydrogens (tertiary/aromatic N) is 1. The lowest BCUT2D eigenvalue weighted by Gasteiger charge is -2.04. The van der Waals surface area contributed by atoms with Crippen LogP contribution in [0.15, 0.2) is 42.5 Å². The van der Waals surface area contributed by atoms with Crippen LogP contribution < -0.4 is 0 Å². The highest BCUT2D eigenvalue weighted by Crippen LogP contribution is 2.22. The first-order chi connectivity index (χ1) is 8.61. The van der Waals surface area contributed by atoms with E-state index in [-0.39, 0.29) is 5.56 Å². The van der Waals surface area contributed by atoms with Crippen molar-refractivity contribution in [2.45, 2.75) is 0 Å². The van der Waals surface area contributed by atoms with Crippen LogP contribution in [0.1, 0.15) is 15.9 Å². The number of hydrogen-bond acceptors (Lipinski definition) is 2. The number of benzene rings is 2. The predicted molar refractivity (Wildman–Crippen MR) is 63.5 cm³/mol. The van der Waals surface area contributed by atoms with Crippen LogP contribution in [0.2, 0.25) is 0 Å². The van der Waals surface area contributed by atoms with Gasteiger partial charge in [-0.3, -0.25) is 0 Å². The Bertz CT molecular complexity index is 642. The molecule has 0 spiro atoms. The lowest BCUT2D eigenvalue weighted by atomic mass is 10.0. The van der Waals surface area contributed by atoms with E-state index in [1.54, 1.807) is 24.3 Å². The lowest BCUT2D eigenvalue weighted by Crippen LogP contribution is -2.00. The molecule has 0 saturated carbocycles. The van der Waals surface area contributed by atoms with Gasteiger partial charge >= 0.3 is 5.97 Å². The number of carbonyl (C=O) groups is 1. The number of aromatic carboxylic acids is 1. The Morgan fingerprint density at radius 3 is 2.28 bits per heavy atom. The van der Waals surface area contributed by atoms with Crippen molar-refractivity contribution in [1.82, 2.24) is 0 Å². The molecular formula is C14H8FNO2. The lowest BCUT2D eigenvalue weighted by molar-refractivity contribution is 0.0692. The monoisotopic (exact) mass is 241 g/mol. The van der Waals surface area contributed by atoms with Crippen molar-refractivity contribution in [3.05, 3.63) is 59.4 Å². The Hall–Kier alpha value is -2.67. The van der Waals surface area contributed by atoms with E-state index in [0.717, 1.165) is 11.6 Å². The summed E-state index contributed by atoms with van der Waals surface area (Å²) in [6.45, 7) is 0.